The minimum atomic E-state index is 0.406. The fourth-order valence-corrected chi connectivity index (χ4v) is 2.84. The number of aromatic nitrogens is 3. The molecule has 0 aliphatic rings. The maximum absolute atomic E-state index is 6.30. The van der Waals surface area contributed by atoms with Crippen molar-refractivity contribution in [1.29, 1.82) is 0 Å². The maximum Gasteiger partial charge on any atom is 0.141 e. The number of benzene rings is 2. The number of halogens is 2. The van der Waals surface area contributed by atoms with E-state index in [-0.39, 0.29) is 0 Å². The summed E-state index contributed by atoms with van der Waals surface area (Å²) in [6.45, 7) is 0. The molecule has 0 bridgehead atoms. The van der Waals surface area contributed by atoms with E-state index < -0.39 is 0 Å². The summed E-state index contributed by atoms with van der Waals surface area (Å²) < 4.78 is 0. The fraction of sp³-hybridized carbons (Fsp3) is 0. The van der Waals surface area contributed by atoms with E-state index in [9.17, 15) is 0 Å². The van der Waals surface area contributed by atoms with Crippen molar-refractivity contribution in [3.63, 3.8) is 0 Å². The van der Waals surface area contributed by atoms with Gasteiger partial charge < -0.3 is 4.98 Å². The summed E-state index contributed by atoms with van der Waals surface area (Å²) in [5.41, 5.74) is 3.37. The molecular weight excluding hydrogens is 305 g/mol. The Morgan fingerprint density at radius 2 is 1.67 bits per heavy atom. The highest BCUT2D eigenvalue weighted by molar-refractivity contribution is 6.36. The Morgan fingerprint density at radius 1 is 0.857 bits per heavy atom. The van der Waals surface area contributed by atoms with Gasteiger partial charge >= 0.3 is 0 Å². The van der Waals surface area contributed by atoms with E-state index in [0.717, 1.165) is 27.5 Å². The zero-order valence-electron chi connectivity index (χ0n) is 10.8. The number of H-pyrrole nitrogens is 1. The van der Waals surface area contributed by atoms with Crippen LogP contribution < -0.4 is 0 Å². The molecule has 5 heteroatoms. The summed E-state index contributed by atoms with van der Waals surface area (Å²) in [6, 6.07) is 15.3. The van der Waals surface area contributed by atoms with Crippen LogP contribution in [0.4, 0.5) is 0 Å². The third-order valence-electron chi connectivity index (χ3n) is 3.40. The number of fused-ring (bicyclic) bond motifs is 2. The van der Waals surface area contributed by atoms with E-state index in [2.05, 4.69) is 15.0 Å². The topological polar surface area (TPSA) is 41.6 Å². The van der Waals surface area contributed by atoms with Gasteiger partial charge in [-0.2, -0.15) is 0 Å². The quantitative estimate of drug-likeness (QED) is 0.497. The second-order valence-electron chi connectivity index (χ2n) is 4.74. The van der Waals surface area contributed by atoms with E-state index in [1.807, 2.05) is 48.5 Å². The van der Waals surface area contributed by atoms with Crippen LogP contribution in [-0.2, 0) is 0 Å². The summed E-state index contributed by atoms with van der Waals surface area (Å²) in [5.74, 6) is 0.690. The summed E-state index contributed by atoms with van der Waals surface area (Å²) in [4.78, 5) is 12.2. The maximum atomic E-state index is 6.30. The van der Waals surface area contributed by atoms with Gasteiger partial charge in [-0.3, -0.25) is 0 Å². The van der Waals surface area contributed by atoms with E-state index >= 15 is 0 Å². The molecule has 0 saturated heterocycles. The first-order valence-electron chi connectivity index (χ1n) is 6.42. The highest BCUT2D eigenvalue weighted by atomic mass is 35.5. The van der Waals surface area contributed by atoms with Crippen molar-refractivity contribution in [2.24, 2.45) is 0 Å². The molecule has 0 saturated carbocycles. The highest BCUT2D eigenvalue weighted by Crippen LogP contribution is 2.32. The molecule has 102 valence electrons. The number of para-hydroxylation sites is 2. The highest BCUT2D eigenvalue weighted by Gasteiger charge is 2.12. The van der Waals surface area contributed by atoms with Gasteiger partial charge in [-0.25, -0.2) is 9.97 Å². The predicted molar refractivity (Wildman–Crippen MR) is 86.9 cm³/mol. The number of imidazole rings is 1. The number of aromatic amines is 1. The van der Waals surface area contributed by atoms with Crippen molar-refractivity contribution < 1.29 is 0 Å². The van der Waals surface area contributed by atoms with Crippen molar-refractivity contribution in [2.45, 2.75) is 0 Å². The van der Waals surface area contributed by atoms with Crippen LogP contribution in [0.2, 0.25) is 10.2 Å². The first-order chi connectivity index (χ1) is 10.2. The first-order valence-corrected chi connectivity index (χ1v) is 7.18. The van der Waals surface area contributed by atoms with E-state index in [4.69, 9.17) is 23.2 Å². The standard InChI is InChI=1S/C16H9Cl2N3/c17-11-4-3-7-12-9(11)8-10(15(18)19-12)16-20-13-5-1-2-6-14(13)21-16/h1-8H,(H,20,21). The number of rotatable bonds is 1. The Hall–Kier alpha value is -2.10. The van der Waals surface area contributed by atoms with Crippen molar-refractivity contribution >= 4 is 45.1 Å². The Balaban J connectivity index is 2.00. The molecule has 0 aliphatic heterocycles. The Bertz CT molecular complexity index is 943. The van der Waals surface area contributed by atoms with Gasteiger partial charge in [0.25, 0.3) is 0 Å². The summed E-state index contributed by atoms with van der Waals surface area (Å²) in [7, 11) is 0. The molecule has 4 aromatic rings. The van der Waals surface area contributed by atoms with Gasteiger partial charge in [0.1, 0.15) is 11.0 Å². The molecule has 2 heterocycles. The van der Waals surface area contributed by atoms with Gasteiger partial charge in [-0.15, -0.1) is 0 Å². The van der Waals surface area contributed by atoms with Crippen LogP contribution in [0.15, 0.2) is 48.5 Å². The van der Waals surface area contributed by atoms with Gasteiger partial charge in [0.05, 0.1) is 22.1 Å². The van der Waals surface area contributed by atoms with Crippen LogP contribution in [0.1, 0.15) is 0 Å². The fourth-order valence-electron chi connectivity index (χ4n) is 2.38. The number of hydrogen-bond donors (Lipinski definition) is 1. The number of nitrogens with one attached hydrogen (secondary N) is 1. The molecule has 2 aromatic heterocycles. The zero-order chi connectivity index (χ0) is 14.4. The third kappa shape index (κ3) is 2.06. The molecule has 0 radical (unpaired) electrons. The summed E-state index contributed by atoms with van der Waals surface area (Å²) in [5, 5.41) is 1.91. The lowest BCUT2D eigenvalue weighted by Gasteiger charge is -2.05. The molecule has 0 amide bonds. The molecular formula is C16H9Cl2N3. The smallest absolute Gasteiger partial charge is 0.141 e. The average Bonchev–Trinajstić information content (AvgIpc) is 2.90. The molecule has 0 spiro atoms. The average molecular weight is 314 g/mol. The number of hydrogen-bond acceptors (Lipinski definition) is 2. The minimum Gasteiger partial charge on any atom is -0.338 e. The molecule has 0 unspecified atom stereocenters. The normalized spacial score (nSPS) is 11.3. The van der Waals surface area contributed by atoms with Gasteiger partial charge in [0.15, 0.2) is 0 Å². The van der Waals surface area contributed by atoms with E-state index in [0.29, 0.717) is 16.0 Å². The Kier molecular flexibility index (Phi) is 2.84. The monoisotopic (exact) mass is 313 g/mol. The molecule has 0 atom stereocenters. The van der Waals surface area contributed by atoms with Crippen molar-refractivity contribution in [2.75, 3.05) is 0 Å². The lowest BCUT2D eigenvalue weighted by molar-refractivity contribution is 1.31. The molecule has 0 aliphatic carbocycles. The van der Waals surface area contributed by atoms with Gasteiger partial charge in [0, 0.05) is 10.4 Å². The van der Waals surface area contributed by atoms with Crippen LogP contribution in [0.5, 0.6) is 0 Å². The zero-order valence-corrected chi connectivity index (χ0v) is 12.3. The second-order valence-corrected chi connectivity index (χ2v) is 5.50. The molecule has 0 fully saturated rings. The summed E-state index contributed by atoms with van der Waals surface area (Å²) in [6.07, 6.45) is 0. The van der Waals surface area contributed by atoms with Gasteiger partial charge in [-0.1, -0.05) is 41.4 Å². The Morgan fingerprint density at radius 3 is 2.52 bits per heavy atom. The summed E-state index contributed by atoms with van der Waals surface area (Å²) >= 11 is 12.5. The number of pyridine rings is 1. The molecule has 4 rings (SSSR count). The SMILES string of the molecule is Clc1nc2cccc(Cl)c2cc1-c1nc2ccccc2[nH]1. The van der Waals surface area contributed by atoms with Crippen molar-refractivity contribution in [1.82, 2.24) is 15.0 Å². The predicted octanol–water partition coefficient (Wildman–Crippen LogP) is 5.08. The van der Waals surface area contributed by atoms with Crippen molar-refractivity contribution in [3.8, 4) is 11.4 Å². The van der Waals surface area contributed by atoms with E-state index in [1.54, 1.807) is 0 Å². The van der Waals surface area contributed by atoms with Gasteiger partial charge in [0.2, 0.25) is 0 Å². The van der Waals surface area contributed by atoms with Crippen molar-refractivity contribution in [3.05, 3.63) is 58.7 Å². The third-order valence-corrected chi connectivity index (χ3v) is 4.02. The van der Waals surface area contributed by atoms with Gasteiger partial charge in [-0.05, 0) is 30.3 Å². The molecule has 1 N–H and O–H groups in total. The second kappa shape index (κ2) is 4.72. The van der Waals surface area contributed by atoms with Crippen LogP contribution in [0.3, 0.4) is 0 Å². The minimum absolute atomic E-state index is 0.406. The lowest BCUT2D eigenvalue weighted by Crippen LogP contribution is -1.88. The Labute approximate surface area is 130 Å². The van der Waals surface area contributed by atoms with Crippen LogP contribution in [-0.4, -0.2) is 15.0 Å². The lowest BCUT2D eigenvalue weighted by atomic mass is 10.1. The van der Waals surface area contributed by atoms with Crippen LogP contribution >= 0.6 is 23.2 Å². The largest absolute Gasteiger partial charge is 0.338 e. The molecule has 2 aromatic carbocycles. The van der Waals surface area contributed by atoms with E-state index in [1.165, 1.54) is 0 Å². The molecule has 3 nitrogen and oxygen atoms in total. The molecule has 21 heavy (non-hydrogen) atoms. The van der Waals surface area contributed by atoms with Crippen LogP contribution in [0, 0.1) is 0 Å². The number of nitrogens with zero attached hydrogens (tertiary/aromatic N) is 2. The first kappa shape index (κ1) is 12.6. The van der Waals surface area contributed by atoms with Crippen LogP contribution in [0.25, 0.3) is 33.3 Å².